The minimum absolute atomic E-state index is 0.304. The highest BCUT2D eigenvalue weighted by molar-refractivity contribution is 5.77. The molecule has 0 radical (unpaired) electrons. The van der Waals surface area contributed by atoms with Crippen LogP contribution < -0.4 is 5.73 Å². The molecular formula is C18H21NO2. The summed E-state index contributed by atoms with van der Waals surface area (Å²) in [4.78, 5) is 11.8. The van der Waals surface area contributed by atoms with Crippen molar-refractivity contribution in [2.24, 2.45) is 11.1 Å². The lowest BCUT2D eigenvalue weighted by molar-refractivity contribution is -0.152. The SMILES string of the molecule is COC(=O)C(C)(C)[C@@H](N)c1ccc(-c2ccccc2)cc1. The van der Waals surface area contributed by atoms with E-state index < -0.39 is 11.5 Å². The van der Waals surface area contributed by atoms with Crippen LogP contribution in [0.1, 0.15) is 25.5 Å². The van der Waals surface area contributed by atoms with Crippen LogP contribution in [-0.2, 0) is 9.53 Å². The van der Waals surface area contributed by atoms with Gasteiger partial charge in [0.25, 0.3) is 0 Å². The number of methoxy groups -OCH3 is 1. The summed E-state index contributed by atoms with van der Waals surface area (Å²) in [6.07, 6.45) is 0. The van der Waals surface area contributed by atoms with Gasteiger partial charge in [0.2, 0.25) is 0 Å². The number of carbonyl (C=O) groups is 1. The van der Waals surface area contributed by atoms with Crippen LogP contribution in [0.5, 0.6) is 0 Å². The summed E-state index contributed by atoms with van der Waals surface area (Å²) >= 11 is 0. The van der Waals surface area contributed by atoms with Gasteiger partial charge in [-0.2, -0.15) is 0 Å². The Kier molecular flexibility index (Phi) is 4.43. The molecule has 2 aromatic carbocycles. The van der Waals surface area contributed by atoms with Crippen LogP contribution in [0.3, 0.4) is 0 Å². The summed E-state index contributed by atoms with van der Waals surface area (Å²) in [7, 11) is 1.38. The van der Waals surface area contributed by atoms with Crippen LogP contribution in [0, 0.1) is 5.41 Å². The van der Waals surface area contributed by atoms with Gasteiger partial charge in [-0.3, -0.25) is 4.79 Å². The number of carbonyl (C=O) groups excluding carboxylic acids is 1. The average Bonchev–Trinajstić information content (AvgIpc) is 2.54. The number of benzene rings is 2. The number of ether oxygens (including phenoxy) is 1. The molecule has 0 saturated heterocycles. The van der Waals surface area contributed by atoms with E-state index in [0.717, 1.165) is 16.7 Å². The van der Waals surface area contributed by atoms with Crippen molar-refractivity contribution in [1.82, 2.24) is 0 Å². The first-order valence-electron chi connectivity index (χ1n) is 6.96. The molecular weight excluding hydrogens is 262 g/mol. The zero-order valence-electron chi connectivity index (χ0n) is 12.7. The highest BCUT2D eigenvalue weighted by Crippen LogP contribution is 2.33. The lowest BCUT2D eigenvalue weighted by atomic mass is 9.81. The zero-order valence-corrected chi connectivity index (χ0v) is 12.7. The molecule has 21 heavy (non-hydrogen) atoms. The molecule has 2 aromatic rings. The third-order valence-electron chi connectivity index (χ3n) is 3.87. The third kappa shape index (κ3) is 3.14. The molecule has 2 rings (SSSR count). The van der Waals surface area contributed by atoms with E-state index >= 15 is 0 Å². The summed E-state index contributed by atoms with van der Waals surface area (Å²) in [6, 6.07) is 17.7. The highest BCUT2D eigenvalue weighted by Gasteiger charge is 2.36. The summed E-state index contributed by atoms with van der Waals surface area (Å²) in [5, 5.41) is 0. The Bertz CT molecular complexity index is 603. The van der Waals surface area contributed by atoms with Gasteiger partial charge in [0.1, 0.15) is 0 Å². The molecule has 0 bridgehead atoms. The molecule has 0 aliphatic carbocycles. The first-order valence-corrected chi connectivity index (χ1v) is 6.96. The lowest BCUT2D eigenvalue weighted by Crippen LogP contribution is -2.37. The molecule has 0 unspecified atom stereocenters. The van der Waals surface area contributed by atoms with E-state index in [2.05, 4.69) is 12.1 Å². The quantitative estimate of drug-likeness (QED) is 0.873. The van der Waals surface area contributed by atoms with Crippen LogP contribution in [-0.4, -0.2) is 13.1 Å². The van der Waals surface area contributed by atoms with Gasteiger partial charge >= 0.3 is 5.97 Å². The molecule has 0 heterocycles. The van der Waals surface area contributed by atoms with Gasteiger partial charge in [0.15, 0.2) is 0 Å². The van der Waals surface area contributed by atoms with Gasteiger partial charge in [-0.1, -0.05) is 54.6 Å². The summed E-state index contributed by atoms with van der Waals surface area (Å²) in [5.74, 6) is -0.304. The maximum Gasteiger partial charge on any atom is 0.313 e. The standard InChI is InChI=1S/C18H21NO2/c1-18(2,17(20)21-3)16(19)15-11-9-14(10-12-15)13-7-5-4-6-8-13/h4-12,16H,19H2,1-3H3/t16-/m0/s1. The molecule has 0 fully saturated rings. The highest BCUT2D eigenvalue weighted by atomic mass is 16.5. The van der Waals surface area contributed by atoms with E-state index in [0.29, 0.717) is 0 Å². The van der Waals surface area contributed by atoms with Crippen molar-refractivity contribution in [2.75, 3.05) is 7.11 Å². The summed E-state index contributed by atoms with van der Waals surface area (Å²) in [6.45, 7) is 3.60. The van der Waals surface area contributed by atoms with Crippen LogP contribution in [0.15, 0.2) is 54.6 Å². The van der Waals surface area contributed by atoms with E-state index in [9.17, 15) is 4.79 Å². The molecule has 110 valence electrons. The van der Waals surface area contributed by atoms with E-state index in [1.807, 2.05) is 42.5 Å². The first-order chi connectivity index (χ1) is 9.96. The van der Waals surface area contributed by atoms with Crippen molar-refractivity contribution < 1.29 is 9.53 Å². The lowest BCUT2D eigenvalue weighted by Gasteiger charge is -2.29. The predicted octanol–water partition coefficient (Wildman–Crippen LogP) is 3.55. The van der Waals surface area contributed by atoms with Gasteiger partial charge in [-0.15, -0.1) is 0 Å². The number of nitrogens with two attached hydrogens (primary N) is 1. The average molecular weight is 283 g/mol. The first kappa shape index (κ1) is 15.3. The summed E-state index contributed by atoms with van der Waals surface area (Å²) in [5.41, 5.74) is 8.68. The summed E-state index contributed by atoms with van der Waals surface area (Å²) < 4.78 is 4.83. The van der Waals surface area contributed by atoms with Gasteiger partial charge in [-0.25, -0.2) is 0 Å². The van der Waals surface area contributed by atoms with Crippen molar-refractivity contribution in [2.45, 2.75) is 19.9 Å². The van der Waals surface area contributed by atoms with Gasteiger partial charge in [0.05, 0.1) is 12.5 Å². The molecule has 0 saturated carbocycles. The van der Waals surface area contributed by atoms with Crippen molar-refractivity contribution in [3.8, 4) is 11.1 Å². The van der Waals surface area contributed by atoms with E-state index in [1.54, 1.807) is 13.8 Å². The smallest absolute Gasteiger partial charge is 0.313 e. The third-order valence-corrected chi connectivity index (χ3v) is 3.87. The second kappa shape index (κ2) is 6.10. The minimum Gasteiger partial charge on any atom is -0.469 e. The fraction of sp³-hybridized carbons (Fsp3) is 0.278. The molecule has 3 nitrogen and oxygen atoms in total. The van der Waals surface area contributed by atoms with E-state index in [-0.39, 0.29) is 5.97 Å². The van der Waals surface area contributed by atoms with Crippen LogP contribution in [0.25, 0.3) is 11.1 Å². The second-order valence-electron chi connectivity index (χ2n) is 5.68. The van der Waals surface area contributed by atoms with E-state index in [4.69, 9.17) is 10.5 Å². The minimum atomic E-state index is -0.761. The maximum absolute atomic E-state index is 11.8. The Balaban J connectivity index is 2.25. The Hall–Kier alpha value is -2.13. The molecule has 0 aliphatic rings. The number of hydrogen-bond acceptors (Lipinski definition) is 3. The molecule has 0 spiro atoms. The van der Waals surface area contributed by atoms with Crippen molar-refractivity contribution in [3.05, 3.63) is 60.2 Å². The molecule has 3 heteroatoms. The molecule has 1 atom stereocenters. The Morgan fingerprint density at radius 3 is 2.05 bits per heavy atom. The number of hydrogen-bond donors (Lipinski definition) is 1. The van der Waals surface area contributed by atoms with Crippen molar-refractivity contribution in [3.63, 3.8) is 0 Å². The maximum atomic E-state index is 11.8. The van der Waals surface area contributed by atoms with Crippen LogP contribution in [0.2, 0.25) is 0 Å². The van der Waals surface area contributed by atoms with Gasteiger partial charge in [0, 0.05) is 6.04 Å². The van der Waals surface area contributed by atoms with Gasteiger partial charge in [-0.05, 0) is 30.5 Å². The number of esters is 1. The Labute approximate surface area is 125 Å². The molecule has 0 aromatic heterocycles. The second-order valence-corrected chi connectivity index (χ2v) is 5.68. The number of rotatable bonds is 4. The van der Waals surface area contributed by atoms with Crippen LogP contribution >= 0.6 is 0 Å². The normalized spacial score (nSPS) is 12.8. The zero-order chi connectivity index (χ0) is 15.5. The predicted molar refractivity (Wildman–Crippen MR) is 84.6 cm³/mol. The molecule has 2 N–H and O–H groups in total. The Morgan fingerprint density at radius 1 is 1.00 bits per heavy atom. The monoisotopic (exact) mass is 283 g/mol. The van der Waals surface area contributed by atoms with E-state index in [1.165, 1.54) is 7.11 Å². The Morgan fingerprint density at radius 2 is 1.52 bits per heavy atom. The van der Waals surface area contributed by atoms with Crippen molar-refractivity contribution in [1.29, 1.82) is 0 Å². The molecule has 0 amide bonds. The van der Waals surface area contributed by atoms with Crippen LogP contribution in [0.4, 0.5) is 0 Å². The largest absolute Gasteiger partial charge is 0.469 e. The fourth-order valence-electron chi connectivity index (χ4n) is 2.32. The topological polar surface area (TPSA) is 52.3 Å². The van der Waals surface area contributed by atoms with Crippen molar-refractivity contribution >= 4 is 5.97 Å². The van der Waals surface area contributed by atoms with Gasteiger partial charge < -0.3 is 10.5 Å². The molecule has 0 aliphatic heterocycles. The fourth-order valence-corrected chi connectivity index (χ4v) is 2.32.